The molecule has 0 radical (unpaired) electrons. The van der Waals surface area contributed by atoms with Crippen molar-refractivity contribution >= 4 is 27.6 Å². The molecule has 1 fully saturated rings. The molecule has 1 aliphatic rings. The number of aliphatic hydroxyl groups excluding tert-OH is 1. The van der Waals surface area contributed by atoms with Crippen LogP contribution in [-0.4, -0.2) is 87.6 Å². The van der Waals surface area contributed by atoms with Gasteiger partial charge in [0, 0.05) is 32.1 Å². The summed E-state index contributed by atoms with van der Waals surface area (Å²) in [6.45, 7) is 5.56. The monoisotopic (exact) mass is 695 g/mol. The quantitative estimate of drug-likeness (QED) is 0.233. The van der Waals surface area contributed by atoms with Gasteiger partial charge in [-0.25, -0.2) is 12.7 Å². The van der Waals surface area contributed by atoms with E-state index in [2.05, 4.69) is 16.6 Å². The molecular weight excluding hydrogens is 659 g/mol. The Labute approximate surface area is 276 Å². The molecular formula is C32H36F3N3O9S. The van der Waals surface area contributed by atoms with Crippen molar-refractivity contribution in [2.75, 3.05) is 34.9 Å². The van der Waals surface area contributed by atoms with Gasteiger partial charge in [-0.05, 0) is 55.8 Å². The highest BCUT2D eigenvalue weighted by Crippen LogP contribution is 2.46. The standard InChI is InChI=1S/C32H36F3N3O9S/c1-8-9-22(40)16-21-18-38(48(43,44)28-13-11-23(45-6)17-27(28)47-32(33,34)35)30(42)31(21,24-14-19(2)10-12-26(24)46-7)36-25(15-20(3)39)29(41)37(4)5/h8-14,16-17,25,36,40H,1,15,18H2,2-7H3/b21-16+,22-9+. The summed E-state index contributed by atoms with van der Waals surface area (Å²) < 4.78 is 83.7. The first-order valence-corrected chi connectivity index (χ1v) is 15.6. The lowest BCUT2D eigenvalue weighted by Gasteiger charge is -2.36. The predicted octanol–water partition coefficient (Wildman–Crippen LogP) is 3.92. The molecule has 2 atom stereocenters. The number of alkyl halides is 3. The third kappa shape index (κ3) is 7.82. The zero-order valence-corrected chi connectivity index (χ0v) is 27.9. The number of rotatable bonds is 13. The number of aryl methyl sites for hydroxylation is 1. The van der Waals surface area contributed by atoms with Gasteiger partial charge in [-0.15, -0.1) is 13.2 Å². The first-order chi connectivity index (χ1) is 22.3. The van der Waals surface area contributed by atoms with Crippen LogP contribution in [0.2, 0.25) is 0 Å². The Bertz CT molecular complexity index is 1770. The van der Waals surface area contributed by atoms with Gasteiger partial charge < -0.3 is 24.2 Å². The number of sulfonamides is 1. The molecule has 2 amide bonds. The molecule has 0 aromatic heterocycles. The Morgan fingerprint density at radius 3 is 2.35 bits per heavy atom. The normalized spacial score (nSPS) is 18.4. The minimum absolute atomic E-state index is 0.00745. The first kappa shape index (κ1) is 37.6. The first-order valence-electron chi connectivity index (χ1n) is 14.2. The van der Waals surface area contributed by atoms with Gasteiger partial charge in [0.05, 0.1) is 26.8 Å². The lowest BCUT2D eigenvalue weighted by Crippen LogP contribution is -2.58. The van der Waals surface area contributed by atoms with Crippen molar-refractivity contribution in [2.24, 2.45) is 0 Å². The summed E-state index contributed by atoms with van der Waals surface area (Å²) in [5.74, 6) is -4.19. The fraction of sp³-hybridized carbons (Fsp3) is 0.344. The predicted molar refractivity (Wildman–Crippen MR) is 168 cm³/mol. The second-order valence-electron chi connectivity index (χ2n) is 11.0. The molecule has 260 valence electrons. The van der Waals surface area contributed by atoms with Crippen LogP contribution in [0.5, 0.6) is 17.2 Å². The lowest BCUT2D eigenvalue weighted by molar-refractivity contribution is -0.275. The highest BCUT2D eigenvalue weighted by Gasteiger charge is 2.58. The van der Waals surface area contributed by atoms with Gasteiger partial charge in [-0.3, -0.25) is 19.7 Å². The van der Waals surface area contributed by atoms with Gasteiger partial charge in [0.15, 0.2) is 11.3 Å². The van der Waals surface area contributed by atoms with Crippen LogP contribution in [0.15, 0.2) is 77.4 Å². The van der Waals surface area contributed by atoms with Crippen molar-refractivity contribution in [1.82, 2.24) is 14.5 Å². The van der Waals surface area contributed by atoms with E-state index >= 15 is 0 Å². The average molecular weight is 696 g/mol. The van der Waals surface area contributed by atoms with Crippen molar-refractivity contribution in [1.29, 1.82) is 0 Å². The molecule has 1 saturated heterocycles. The number of aliphatic hydroxyl groups is 1. The van der Waals surface area contributed by atoms with Crippen LogP contribution in [-0.2, 0) is 29.9 Å². The molecule has 2 N–H and O–H groups in total. The molecule has 12 nitrogen and oxygen atoms in total. The minimum Gasteiger partial charge on any atom is -0.508 e. The van der Waals surface area contributed by atoms with Crippen LogP contribution in [0, 0.1) is 6.92 Å². The number of likely N-dealkylation sites (N-methyl/N-ethyl adjacent to an activating group) is 1. The van der Waals surface area contributed by atoms with E-state index < -0.39 is 74.9 Å². The number of carbonyl (C=O) groups is 3. The summed E-state index contributed by atoms with van der Waals surface area (Å²) in [5.41, 5.74) is -1.96. The second kappa shape index (κ2) is 14.5. The van der Waals surface area contributed by atoms with Crippen molar-refractivity contribution in [2.45, 2.75) is 43.1 Å². The Morgan fingerprint density at radius 2 is 1.81 bits per heavy atom. The van der Waals surface area contributed by atoms with Crippen LogP contribution in [0.4, 0.5) is 13.2 Å². The van der Waals surface area contributed by atoms with E-state index in [1.54, 1.807) is 13.0 Å². The number of halogens is 3. The maximum atomic E-state index is 14.9. The zero-order valence-electron chi connectivity index (χ0n) is 27.0. The number of ether oxygens (including phenoxy) is 3. The molecule has 2 aromatic carbocycles. The molecule has 3 rings (SSSR count). The van der Waals surface area contributed by atoms with Crippen molar-refractivity contribution in [3.8, 4) is 17.2 Å². The maximum absolute atomic E-state index is 14.9. The molecule has 0 spiro atoms. The summed E-state index contributed by atoms with van der Waals surface area (Å²) in [4.78, 5) is 40.8. The van der Waals surface area contributed by atoms with Crippen molar-refractivity contribution in [3.05, 3.63) is 83.7 Å². The minimum atomic E-state index is -5.33. The smallest absolute Gasteiger partial charge is 0.508 e. The number of amides is 2. The van der Waals surface area contributed by atoms with E-state index in [0.29, 0.717) is 15.9 Å². The molecule has 0 bridgehead atoms. The van der Waals surface area contributed by atoms with Gasteiger partial charge >= 0.3 is 6.36 Å². The molecule has 1 aliphatic heterocycles. The second-order valence-corrected chi connectivity index (χ2v) is 12.8. The molecule has 1 heterocycles. The third-order valence-electron chi connectivity index (χ3n) is 7.28. The number of allylic oxidation sites excluding steroid dienone is 3. The van der Waals surface area contributed by atoms with E-state index in [-0.39, 0.29) is 22.6 Å². The van der Waals surface area contributed by atoms with Crippen molar-refractivity contribution < 1.29 is 55.3 Å². The van der Waals surface area contributed by atoms with E-state index in [9.17, 15) is 41.1 Å². The largest absolute Gasteiger partial charge is 0.573 e. The highest BCUT2D eigenvalue weighted by molar-refractivity contribution is 7.89. The number of Topliss-reactive ketones (excluding diaryl/α,β-unsaturated/α-hetero) is 1. The van der Waals surface area contributed by atoms with Gasteiger partial charge in [0.1, 0.15) is 27.9 Å². The Hall–Kier alpha value is -4.83. The van der Waals surface area contributed by atoms with Crippen LogP contribution in [0.1, 0.15) is 24.5 Å². The summed E-state index contributed by atoms with van der Waals surface area (Å²) >= 11 is 0. The molecule has 2 unspecified atom stereocenters. The van der Waals surface area contributed by atoms with Gasteiger partial charge in [-0.1, -0.05) is 24.3 Å². The molecule has 16 heteroatoms. The summed E-state index contributed by atoms with van der Waals surface area (Å²) in [6, 6.07) is 5.73. The van der Waals surface area contributed by atoms with E-state index in [1.807, 2.05) is 0 Å². The zero-order chi connectivity index (χ0) is 36.2. The van der Waals surface area contributed by atoms with Crippen LogP contribution >= 0.6 is 0 Å². The van der Waals surface area contributed by atoms with E-state index in [4.69, 9.17) is 9.47 Å². The van der Waals surface area contributed by atoms with E-state index in [0.717, 1.165) is 36.3 Å². The maximum Gasteiger partial charge on any atom is 0.573 e. The number of hydrogen-bond acceptors (Lipinski definition) is 10. The van der Waals surface area contributed by atoms with Crippen LogP contribution in [0.25, 0.3) is 0 Å². The van der Waals surface area contributed by atoms with Crippen LogP contribution in [0.3, 0.4) is 0 Å². The number of carbonyl (C=O) groups excluding carboxylic acids is 3. The number of hydrogen-bond donors (Lipinski definition) is 2. The average Bonchev–Trinajstić information content (AvgIpc) is 3.26. The molecule has 0 saturated carbocycles. The number of nitrogens with zero attached hydrogens (tertiary/aromatic N) is 2. The van der Waals surface area contributed by atoms with Crippen LogP contribution < -0.4 is 19.5 Å². The van der Waals surface area contributed by atoms with Crippen molar-refractivity contribution in [3.63, 3.8) is 0 Å². The summed E-state index contributed by atoms with van der Waals surface area (Å²) in [7, 11) is 0.0415. The topological polar surface area (TPSA) is 152 Å². The Balaban J connectivity index is 2.48. The lowest BCUT2D eigenvalue weighted by atomic mass is 9.81. The number of nitrogens with one attached hydrogen (secondary N) is 1. The Morgan fingerprint density at radius 1 is 1.15 bits per heavy atom. The molecule has 48 heavy (non-hydrogen) atoms. The SMILES string of the molecule is C=C/C=C(O)\C=C1/CN(S(=O)(=O)c2ccc(OC)cc2OC(F)(F)F)C(=O)C1(NC(CC(C)=O)C(=O)N(C)C)c1cc(C)ccc1OC. The number of methoxy groups -OCH3 is 2. The van der Waals surface area contributed by atoms with Gasteiger partial charge in [-0.2, -0.15) is 0 Å². The molecule has 0 aliphatic carbocycles. The molecule has 2 aromatic rings. The fourth-order valence-electron chi connectivity index (χ4n) is 5.21. The Kier molecular flexibility index (Phi) is 11.4. The van der Waals surface area contributed by atoms with E-state index in [1.165, 1.54) is 46.3 Å². The van der Waals surface area contributed by atoms with Gasteiger partial charge in [0.25, 0.3) is 15.9 Å². The number of ketones is 1. The summed E-state index contributed by atoms with van der Waals surface area (Å²) in [6.07, 6.45) is -2.35. The summed E-state index contributed by atoms with van der Waals surface area (Å²) in [5, 5.41) is 13.7. The highest BCUT2D eigenvalue weighted by atomic mass is 32.2. The fourth-order valence-corrected chi connectivity index (χ4v) is 6.71. The van der Waals surface area contributed by atoms with Gasteiger partial charge in [0.2, 0.25) is 5.91 Å². The number of benzene rings is 2. The third-order valence-corrected chi connectivity index (χ3v) is 9.05.